The summed E-state index contributed by atoms with van der Waals surface area (Å²) in [6, 6.07) is 0. The van der Waals surface area contributed by atoms with E-state index in [0.717, 1.165) is 19.3 Å². The van der Waals surface area contributed by atoms with Crippen molar-refractivity contribution in [3.05, 3.63) is 12.7 Å². The molecule has 2 unspecified atom stereocenters. The van der Waals surface area contributed by atoms with Crippen molar-refractivity contribution in [3.63, 3.8) is 0 Å². The molecule has 0 spiro atoms. The van der Waals surface area contributed by atoms with Crippen molar-refractivity contribution in [2.24, 2.45) is 5.92 Å². The van der Waals surface area contributed by atoms with Crippen molar-refractivity contribution in [2.45, 2.75) is 31.8 Å². The van der Waals surface area contributed by atoms with E-state index in [0.29, 0.717) is 6.54 Å². The van der Waals surface area contributed by atoms with Crippen LogP contribution in [0.2, 0.25) is 0 Å². The lowest BCUT2D eigenvalue weighted by Crippen LogP contribution is -2.44. The summed E-state index contributed by atoms with van der Waals surface area (Å²) in [6.07, 6.45) is 4.09. The van der Waals surface area contributed by atoms with Crippen molar-refractivity contribution in [1.29, 1.82) is 0 Å². The molecule has 2 atom stereocenters. The van der Waals surface area contributed by atoms with E-state index in [1.54, 1.807) is 0 Å². The lowest BCUT2D eigenvalue weighted by molar-refractivity contribution is -0.118. The fourth-order valence-electron chi connectivity index (χ4n) is 1.80. The van der Waals surface area contributed by atoms with Crippen LogP contribution in [0.25, 0.3) is 0 Å². The van der Waals surface area contributed by atoms with E-state index in [-0.39, 0.29) is 11.8 Å². The normalized spacial score (nSPS) is 32.9. The quantitative estimate of drug-likeness (QED) is 0.637. The van der Waals surface area contributed by atoms with Gasteiger partial charge in [-0.25, -0.2) is 0 Å². The van der Waals surface area contributed by atoms with E-state index < -0.39 is 5.60 Å². The zero-order valence-corrected chi connectivity index (χ0v) is 8.05. The molecule has 1 aliphatic rings. The van der Waals surface area contributed by atoms with E-state index in [1.165, 1.54) is 6.08 Å². The van der Waals surface area contributed by atoms with Gasteiger partial charge in [-0.05, 0) is 24.8 Å². The average Bonchev–Trinajstić information content (AvgIpc) is 2.44. The fourth-order valence-corrected chi connectivity index (χ4v) is 1.80. The number of hydrogen-bond donors (Lipinski definition) is 2. The van der Waals surface area contributed by atoms with Gasteiger partial charge >= 0.3 is 0 Å². The van der Waals surface area contributed by atoms with Crippen molar-refractivity contribution in [2.75, 3.05) is 6.54 Å². The van der Waals surface area contributed by atoms with Gasteiger partial charge in [-0.3, -0.25) is 4.79 Å². The third-order valence-corrected chi connectivity index (χ3v) is 2.92. The number of rotatable bonds is 3. The summed E-state index contributed by atoms with van der Waals surface area (Å²) < 4.78 is 0. The minimum Gasteiger partial charge on any atom is -0.388 e. The summed E-state index contributed by atoms with van der Waals surface area (Å²) in [5, 5.41) is 12.7. The highest BCUT2D eigenvalue weighted by Crippen LogP contribution is 2.34. The third-order valence-electron chi connectivity index (χ3n) is 2.92. The molecular formula is C10H17NO2. The summed E-state index contributed by atoms with van der Waals surface area (Å²) in [6.45, 7) is 5.72. The molecule has 1 saturated carbocycles. The van der Waals surface area contributed by atoms with Crippen LogP contribution in [0.3, 0.4) is 0 Å². The first kappa shape index (κ1) is 10.3. The molecule has 0 radical (unpaired) electrons. The Morgan fingerprint density at radius 3 is 3.00 bits per heavy atom. The topological polar surface area (TPSA) is 49.3 Å². The monoisotopic (exact) mass is 183 g/mol. The largest absolute Gasteiger partial charge is 0.388 e. The molecule has 1 amide bonds. The second kappa shape index (κ2) is 3.92. The predicted molar refractivity (Wildman–Crippen MR) is 51.2 cm³/mol. The van der Waals surface area contributed by atoms with Gasteiger partial charge in [0.2, 0.25) is 5.91 Å². The van der Waals surface area contributed by atoms with Crippen molar-refractivity contribution >= 4 is 5.91 Å². The van der Waals surface area contributed by atoms with Gasteiger partial charge in [-0.15, -0.1) is 0 Å². The van der Waals surface area contributed by atoms with Gasteiger partial charge in [0, 0.05) is 6.54 Å². The number of hydrogen-bond acceptors (Lipinski definition) is 2. The summed E-state index contributed by atoms with van der Waals surface area (Å²) >= 11 is 0. The second-order valence-electron chi connectivity index (χ2n) is 3.82. The molecule has 1 fully saturated rings. The molecule has 0 aliphatic heterocycles. The van der Waals surface area contributed by atoms with Crippen LogP contribution in [0, 0.1) is 5.92 Å². The molecule has 13 heavy (non-hydrogen) atoms. The van der Waals surface area contributed by atoms with Crippen molar-refractivity contribution in [1.82, 2.24) is 5.32 Å². The van der Waals surface area contributed by atoms with Gasteiger partial charge in [0.1, 0.15) is 0 Å². The highest BCUT2D eigenvalue weighted by atomic mass is 16.3. The molecule has 0 aromatic rings. The summed E-state index contributed by atoms with van der Waals surface area (Å²) in [5.41, 5.74) is -0.696. The van der Waals surface area contributed by atoms with Gasteiger partial charge in [0.25, 0.3) is 0 Å². The predicted octanol–water partition coefficient (Wildman–Crippen LogP) is 0.840. The van der Waals surface area contributed by atoms with Crippen LogP contribution < -0.4 is 5.32 Å². The van der Waals surface area contributed by atoms with Crippen LogP contribution in [0.1, 0.15) is 26.2 Å². The van der Waals surface area contributed by atoms with Crippen LogP contribution in [-0.4, -0.2) is 23.2 Å². The number of carbonyl (C=O) groups is 1. The van der Waals surface area contributed by atoms with E-state index >= 15 is 0 Å². The first-order valence-corrected chi connectivity index (χ1v) is 4.71. The molecule has 1 aliphatic carbocycles. The van der Waals surface area contributed by atoms with Crippen LogP contribution in [0.15, 0.2) is 12.7 Å². The van der Waals surface area contributed by atoms with Crippen LogP contribution >= 0.6 is 0 Å². The molecule has 3 nitrogen and oxygen atoms in total. The Balaban J connectivity index is 2.42. The number of carbonyl (C=O) groups excluding carboxylic acids is 1. The maximum Gasteiger partial charge on any atom is 0.243 e. The Kier molecular flexibility index (Phi) is 3.09. The molecule has 0 aromatic heterocycles. The average molecular weight is 183 g/mol. The summed E-state index contributed by atoms with van der Waals surface area (Å²) in [7, 11) is 0. The Hall–Kier alpha value is -0.830. The highest BCUT2D eigenvalue weighted by molar-refractivity contribution is 5.86. The summed E-state index contributed by atoms with van der Waals surface area (Å²) in [4.78, 5) is 10.9. The Bertz CT molecular complexity index is 215. The SMILES string of the molecule is C=CC(=O)NCC1(O)CCCC1C. The Morgan fingerprint density at radius 2 is 2.54 bits per heavy atom. The van der Waals surface area contributed by atoms with E-state index in [1.807, 2.05) is 6.92 Å². The van der Waals surface area contributed by atoms with Crippen LogP contribution in [-0.2, 0) is 4.79 Å². The maximum atomic E-state index is 10.9. The molecule has 0 bridgehead atoms. The molecule has 3 heteroatoms. The molecule has 74 valence electrons. The van der Waals surface area contributed by atoms with Crippen LogP contribution in [0.4, 0.5) is 0 Å². The van der Waals surface area contributed by atoms with E-state index in [4.69, 9.17) is 0 Å². The van der Waals surface area contributed by atoms with Gasteiger partial charge in [-0.1, -0.05) is 19.9 Å². The minimum atomic E-state index is -0.696. The Morgan fingerprint density at radius 1 is 1.85 bits per heavy atom. The van der Waals surface area contributed by atoms with Crippen molar-refractivity contribution < 1.29 is 9.90 Å². The molecule has 1 rings (SSSR count). The number of nitrogens with one attached hydrogen (secondary N) is 1. The van der Waals surface area contributed by atoms with Gasteiger partial charge in [0.05, 0.1) is 5.60 Å². The zero-order chi connectivity index (χ0) is 9.90. The third kappa shape index (κ3) is 2.31. The first-order chi connectivity index (χ1) is 6.08. The minimum absolute atomic E-state index is 0.215. The van der Waals surface area contributed by atoms with Gasteiger partial charge in [-0.2, -0.15) is 0 Å². The molecular weight excluding hydrogens is 166 g/mol. The van der Waals surface area contributed by atoms with Crippen molar-refractivity contribution in [3.8, 4) is 0 Å². The van der Waals surface area contributed by atoms with E-state index in [9.17, 15) is 9.90 Å². The smallest absolute Gasteiger partial charge is 0.243 e. The lowest BCUT2D eigenvalue weighted by atomic mass is 9.92. The standard InChI is InChI=1S/C10H17NO2/c1-3-9(12)11-7-10(13)6-4-5-8(10)2/h3,8,13H,1,4-7H2,2H3,(H,11,12). The summed E-state index contributed by atoms with van der Waals surface area (Å²) in [5.74, 6) is 0.0603. The highest BCUT2D eigenvalue weighted by Gasteiger charge is 2.37. The van der Waals surface area contributed by atoms with Crippen LogP contribution in [0.5, 0.6) is 0 Å². The molecule has 0 heterocycles. The first-order valence-electron chi connectivity index (χ1n) is 4.71. The van der Waals surface area contributed by atoms with Gasteiger partial charge in [0.15, 0.2) is 0 Å². The number of aliphatic hydroxyl groups is 1. The maximum absolute atomic E-state index is 10.9. The Labute approximate surface area is 78.8 Å². The lowest BCUT2D eigenvalue weighted by Gasteiger charge is -2.27. The second-order valence-corrected chi connectivity index (χ2v) is 3.82. The van der Waals surface area contributed by atoms with Gasteiger partial charge < -0.3 is 10.4 Å². The molecule has 0 saturated heterocycles. The van der Waals surface area contributed by atoms with E-state index in [2.05, 4.69) is 11.9 Å². The molecule has 0 aromatic carbocycles. The zero-order valence-electron chi connectivity index (χ0n) is 8.05. The fraction of sp³-hybridized carbons (Fsp3) is 0.700. The number of amides is 1. The molecule has 2 N–H and O–H groups in total.